The Hall–Kier alpha value is -3.47. The van der Waals surface area contributed by atoms with Gasteiger partial charge >= 0.3 is 0 Å². The van der Waals surface area contributed by atoms with E-state index in [0.717, 1.165) is 26.9 Å². The molecule has 1 saturated heterocycles. The molecule has 0 bridgehead atoms. The number of nitrogens with zero attached hydrogens (tertiary/aromatic N) is 3. The first-order valence-electron chi connectivity index (χ1n) is 12.6. The number of anilines is 1. The SMILES string of the molecule is COc1ccc(Cl)cc1N(CC(=O)N1CCN(Cc2ccc3c(c2)OCO3)CC1)S(=O)(=O)c1ccc(C)cc1. The molecule has 9 nitrogen and oxygen atoms in total. The van der Waals surface area contributed by atoms with Gasteiger partial charge in [-0.05, 0) is 55.0 Å². The van der Waals surface area contributed by atoms with Crippen molar-refractivity contribution in [1.82, 2.24) is 9.80 Å². The lowest BCUT2D eigenvalue weighted by molar-refractivity contribution is -0.131. The number of ether oxygens (including phenoxy) is 3. The number of rotatable bonds is 8. The zero-order chi connectivity index (χ0) is 27.6. The van der Waals surface area contributed by atoms with Crippen molar-refractivity contribution >= 4 is 33.2 Å². The lowest BCUT2D eigenvalue weighted by Gasteiger charge is -2.36. The Morgan fingerprint density at radius 2 is 1.69 bits per heavy atom. The Kier molecular flexibility index (Phi) is 7.88. The number of aryl methyl sites for hydroxylation is 1. The number of fused-ring (bicyclic) bond motifs is 1. The normalized spacial score (nSPS) is 15.3. The zero-order valence-electron chi connectivity index (χ0n) is 21.8. The standard InChI is InChI=1S/C28H30ClN3O6S/c1-20-3-7-23(8-4-20)39(34,35)32(24-16-22(29)6-10-25(24)36-2)18-28(33)31-13-11-30(12-14-31)17-21-5-9-26-27(15-21)38-19-37-26/h3-10,15-16H,11-14,17-19H2,1-2H3. The van der Waals surface area contributed by atoms with E-state index in [1.165, 1.54) is 25.3 Å². The molecule has 2 aliphatic heterocycles. The zero-order valence-corrected chi connectivity index (χ0v) is 23.4. The third-order valence-corrected chi connectivity index (χ3v) is 8.87. The molecule has 3 aromatic rings. The summed E-state index contributed by atoms with van der Waals surface area (Å²) < 4.78 is 45.0. The third kappa shape index (κ3) is 5.93. The lowest BCUT2D eigenvalue weighted by atomic mass is 10.1. The predicted octanol–water partition coefficient (Wildman–Crippen LogP) is 3.93. The predicted molar refractivity (Wildman–Crippen MR) is 148 cm³/mol. The molecule has 2 aliphatic rings. The van der Waals surface area contributed by atoms with Crippen molar-refractivity contribution in [2.45, 2.75) is 18.4 Å². The molecule has 5 rings (SSSR count). The van der Waals surface area contributed by atoms with Crippen LogP contribution < -0.4 is 18.5 Å². The minimum absolute atomic E-state index is 0.0801. The summed E-state index contributed by atoms with van der Waals surface area (Å²) in [5.74, 6) is 1.50. The van der Waals surface area contributed by atoms with Crippen molar-refractivity contribution in [3.63, 3.8) is 0 Å². The van der Waals surface area contributed by atoms with Crippen molar-refractivity contribution in [3.8, 4) is 17.2 Å². The molecule has 0 aliphatic carbocycles. The number of amides is 1. The van der Waals surface area contributed by atoms with Gasteiger partial charge in [-0.15, -0.1) is 0 Å². The van der Waals surface area contributed by atoms with E-state index >= 15 is 0 Å². The molecule has 0 aromatic heterocycles. The Labute approximate surface area is 233 Å². The minimum atomic E-state index is -4.10. The maximum absolute atomic E-state index is 13.8. The van der Waals surface area contributed by atoms with Crippen molar-refractivity contribution in [3.05, 3.63) is 76.8 Å². The van der Waals surface area contributed by atoms with Gasteiger partial charge in [0.15, 0.2) is 11.5 Å². The summed E-state index contributed by atoms with van der Waals surface area (Å²) in [7, 11) is -2.65. The summed E-state index contributed by atoms with van der Waals surface area (Å²) in [6, 6.07) is 17.1. The average molecular weight is 572 g/mol. The van der Waals surface area contributed by atoms with Gasteiger partial charge < -0.3 is 19.1 Å². The van der Waals surface area contributed by atoms with Crippen LogP contribution in [0.15, 0.2) is 65.6 Å². The maximum Gasteiger partial charge on any atom is 0.264 e. The molecule has 0 unspecified atom stereocenters. The first kappa shape index (κ1) is 27.1. The van der Waals surface area contributed by atoms with Gasteiger partial charge in [-0.2, -0.15) is 0 Å². The monoisotopic (exact) mass is 571 g/mol. The fourth-order valence-corrected chi connectivity index (χ4v) is 6.25. The van der Waals surface area contributed by atoms with E-state index in [9.17, 15) is 13.2 Å². The fourth-order valence-electron chi connectivity index (χ4n) is 4.67. The van der Waals surface area contributed by atoms with Crippen LogP contribution in [-0.2, 0) is 21.4 Å². The van der Waals surface area contributed by atoms with Crippen LogP contribution in [0.1, 0.15) is 11.1 Å². The molecule has 1 fully saturated rings. The molecule has 0 atom stereocenters. The maximum atomic E-state index is 13.8. The topological polar surface area (TPSA) is 88.6 Å². The quantitative estimate of drug-likeness (QED) is 0.405. The van der Waals surface area contributed by atoms with Crippen LogP contribution in [0, 0.1) is 6.92 Å². The number of sulfonamides is 1. The second kappa shape index (κ2) is 11.3. The van der Waals surface area contributed by atoms with Gasteiger partial charge in [-0.3, -0.25) is 14.0 Å². The highest BCUT2D eigenvalue weighted by Crippen LogP contribution is 2.35. The highest BCUT2D eigenvalue weighted by atomic mass is 35.5. The number of carbonyl (C=O) groups excluding carboxylic acids is 1. The number of methoxy groups -OCH3 is 1. The van der Waals surface area contributed by atoms with E-state index in [1.807, 2.05) is 25.1 Å². The lowest BCUT2D eigenvalue weighted by Crippen LogP contribution is -2.51. The van der Waals surface area contributed by atoms with Gasteiger partial charge in [0.2, 0.25) is 12.7 Å². The Morgan fingerprint density at radius 3 is 2.41 bits per heavy atom. The van der Waals surface area contributed by atoms with Crippen molar-refractivity contribution in [1.29, 1.82) is 0 Å². The van der Waals surface area contributed by atoms with Crippen molar-refractivity contribution in [2.24, 2.45) is 0 Å². The highest BCUT2D eigenvalue weighted by Gasteiger charge is 2.32. The highest BCUT2D eigenvalue weighted by molar-refractivity contribution is 7.92. The molecule has 3 aromatic carbocycles. The summed E-state index contributed by atoms with van der Waals surface area (Å²) in [5, 5.41) is 0.333. The van der Waals surface area contributed by atoms with E-state index < -0.39 is 10.0 Å². The van der Waals surface area contributed by atoms with E-state index in [1.54, 1.807) is 29.2 Å². The second-order valence-electron chi connectivity index (χ2n) is 9.49. The summed E-state index contributed by atoms with van der Waals surface area (Å²) in [5.41, 5.74) is 2.23. The van der Waals surface area contributed by atoms with Crippen LogP contribution in [0.4, 0.5) is 5.69 Å². The van der Waals surface area contributed by atoms with E-state index in [2.05, 4.69) is 4.90 Å². The molecule has 11 heteroatoms. The minimum Gasteiger partial charge on any atom is -0.495 e. The summed E-state index contributed by atoms with van der Waals surface area (Å²) >= 11 is 6.24. The van der Waals surface area contributed by atoms with Gasteiger partial charge in [0, 0.05) is 37.7 Å². The van der Waals surface area contributed by atoms with Gasteiger partial charge in [0.05, 0.1) is 17.7 Å². The number of halogens is 1. The summed E-state index contributed by atoms with van der Waals surface area (Å²) in [6.45, 7) is 4.72. The molecule has 206 valence electrons. The van der Waals surface area contributed by atoms with Crippen LogP contribution >= 0.6 is 11.6 Å². The Balaban J connectivity index is 1.32. The summed E-state index contributed by atoms with van der Waals surface area (Å²) in [6.07, 6.45) is 0. The molecular formula is C28H30ClN3O6S. The number of piperazine rings is 1. The van der Waals surface area contributed by atoms with Gasteiger partial charge in [0.25, 0.3) is 10.0 Å². The molecule has 39 heavy (non-hydrogen) atoms. The Morgan fingerprint density at radius 1 is 0.974 bits per heavy atom. The van der Waals surface area contributed by atoms with E-state index in [4.69, 9.17) is 25.8 Å². The third-order valence-electron chi connectivity index (χ3n) is 6.87. The average Bonchev–Trinajstić information content (AvgIpc) is 3.40. The smallest absolute Gasteiger partial charge is 0.264 e. The summed E-state index contributed by atoms with van der Waals surface area (Å²) in [4.78, 5) is 17.5. The molecule has 2 heterocycles. The van der Waals surface area contributed by atoms with Gasteiger partial charge in [-0.25, -0.2) is 8.42 Å². The first-order valence-corrected chi connectivity index (χ1v) is 14.4. The van der Waals surface area contributed by atoms with Crippen LogP contribution in [0.25, 0.3) is 0 Å². The second-order valence-corrected chi connectivity index (χ2v) is 11.8. The number of carbonyl (C=O) groups is 1. The van der Waals surface area contributed by atoms with Crippen LogP contribution in [0.3, 0.4) is 0 Å². The Bertz CT molecular complexity index is 1460. The number of hydrogen-bond donors (Lipinski definition) is 0. The van der Waals surface area contributed by atoms with Gasteiger partial charge in [0.1, 0.15) is 12.3 Å². The van der Waals surface area contributed by atoms with Crippen molar-refractivity contribution < 1.29 is 27.4 Å². The number of benzene rings is 3. The van der Waals surface area contributed by atoms with Crippen LogP contribution in [0.2, 0.25) is 5.02 Å². The molecule has 0 N–H and O–H groups in total. The van der Waals surface area contributed by atoms with E-state index in [-0.39, 0.29) is 29.8 Å². The fraction of sp³-hybridized carbons (Fsp3) is 0.321. The van der Waals surface area contributed by atoms with E-state index in [0.29, 0.717) is 43.5 Å². The van der Waals surface area contributed by atoms with Crippen molar-refractivity contribution in [2.75, 3.05) is 50.9 Å². The largest absolute Gasteiger partial charge is 0.495 e. The molecule has 0 saturated carbocycles. The van der Waals surface area contributed by atoms with Crippen LogP contribution in [0.5, 0.6) is 17.2 Å². The van der Waals surface area contributed by atoms with Crippen LogP contribution in [-0.4, -0.2) is 70.8 Å². The van der Waals surface area contributed by atoms with Gasteiger partial charge in [-0.1, -0.05) is 35.4 Å². The molecule has 0 radical (unpaired) electrons. The molecule has 0 spiro atoms. The number of hydrogen-bond acceptors (Lipinski definition) is 7. The molecular weight excluding hydrogens is 542 g/mol. The first-order chi connectivity index (χ1) is 18.7. The molecule has 1 amide bonds.